The van der Waals surface area contributed by atoms with Gasteiger partial charge in [-0.2, -0.15) is 0 Å². The van der Waals surface area contributed by atoms with Crippen LogP contribution in [0.5, 0.6) is 0 Å². The second-order valence-corrected chi connectivity index (χ2v) is 7.97. The zero-order valence-electron chi connectivity index (χ0n) is 11.2. The van der Waals surface area contributed by atoms with Crippen molar-refractivity contribution < 1.29 is 8.42 Å². The zero-order chi connectivity index (χ0) is 15.8. The Morgan fingerprint density at radius 3 is 2.14 bits per heavy atom. The first kappa shape index (κ1) is 16.6. The normalized spacial score (nSPS) is 11.5. The second kappa shape index (κ2) is 6.16. The molecule has 0 radical (unpaired) electrons. The van der Waals surface area contributed by atoms with E-state index in [4.69, 9.17) is 23.2 Å². The predicted molar refractivity (Wildman–Crippen MR) is 90.9 cm³/mol. The second-order valence-electron chi connectivity index (χ2n) is 4.62. The number of halogens is 3. The van der Waals surface area contributed by atoms with Crippen molar-refractivity contribution in [3.05, 3.63) is 56.0 Å². The number of aryl methyl sites for hydroxylation is 2. The van der Waals surface area contributed by atoms with Crippen molar-refractivity contribution in [1.82, 2.24) is 0 Å². The third kappa shape index (κ3) is 3.72. The SMILES string of the molecule is Cc1ccc(NS(=O)(=O)c2c(Cl)cc(Br)cc2Cl)c(C)c1. The van der Waals surface area contributed by atoms with Crippen LogP contribution in [0.4, 0.5) is 5.69 Å². The molecule has 7 heteroatoms. The van der Waals surface area contributed by atoms with E-state index in [0.29, 0.717) is 10.2 Å². The first-order valence-corrected chi connectivity index (χ1v) is 8.98. The molecule has 0 fully saturated rings. The predicted octanol–water partition coefficient (Wildman–Crippen LogP) is 5.17. The number of benzene rings is 2. The minimum absolute atomic E-state index is 0.0617. The van der Waals surface area contributed by atoms with Crippen molar-refractivity contribution in [2.24, 2.45) is 0 Å². The van der Waals surface area contributed by atoms with Gasteiger partial charge in [-0.15, -0.1) is 0 Å². The molecule has 0 bridgehead atoms. The lowest BCUT2D eigenvalue weighted by Crippen LogP contribution is -2.15. The van der Waals surface area contributed by atoms with Crippen LogP contribution in [0.2, 0.25) is 10.0 Å². The molecule has 2 rings (SSSR count). The monoisotopic (exact) mass is 407 g/mol. The highest BCUT2D eigenvalue weighted by molar-refractivity contribution is 9.10. The molecular formula is C14H12BrCl2NO2S. The first-order valence-electron chi connectivity index (χ1n) is 5.95. The third-order valence-corrected chi connectivity index (χ3v) is 5.60. The fourth-order valence-electron chi connectivity index (χ4n) is 1.91. The van der Waals surface area contributed by atoms with E-state index in [2.05, 4.69) is 20.7 Å². The molecule has 0 aliphatic heterocycles. The molecule has 0 amide bonds. The molecule has 0 aliphatic rings. The van der Waals surface area contributed by atoms with E-state index in [0.717, 1.165) is 11.1 Å². The largest absolute Gasteiger partial charge is 0.279 e. The Labute approximate surface area is 142 Å². The molecule has 0 heterocycles. The van der Waals surface area contributed by atoms with Gasteiger partial charge in [-0.25, -0.2) is 8.42 Å². The van der Waals surface area contributed by atoms with Crippen molar-refractivity contribution >= 4 is 54.8 Å². The summed E-state index contributed by atoms with van der Waals surface area (Å²) < 4.78 is 28.1. The van der Waals surface area contributed by atoms with E-state index in [-0.39, 0.29) is 14.9 Å². The van der Waals surface area contributed by atoms with E-state index in [1.165, 1.54) is 12.1 Å². The maximum atomic E-state index is 12.5. The lowest BCUT2D eigenvalue weighted by atomic mass is 10.1. The maximum absolute atomic E-state index is 12.5. The molecule has 2 aromatic rings. The summed E-state index contributed by atoms with van der Waals surface area (Å²) in [5, 5.41) is 0.123. The van der Waals surface area contributed by atoms with Gasteiger partial charge in [0, 0.05) is 4.47 Å². The summed E-state index contributed by atoms with van der Waals surface area (Å²) in [4.78, 5) is -0.131. The van der Waals surface area contributed by atoms with Crippen LogP contribution in [-0.4, -0.2) is 8.42 Å². The summed E-state index contributed by atoms with van der Waals surface area (Å²) in [5.74, 6) is 0. The quantitative estimate of drug-likeness (QED) is 0.760. The van der Waals surface area contributed by atoms with Crippen LogP contribution < -0.4 is 4.72 Å². The third-order valence-electron chi connectivity index (χ3n) is 2.86. The van der Waals surface area contributed by atoms with E-state index in [9.17, 15) is 8.42 Å². The van der Waals surface area contributed by atoms with Crippen LogP contribution >= 0.6 is 39.1 Å². The van der Waals surface area contributed by atoms with Crippen molar-refractivity contribution in [1.29, 1.82) is 0 Å². The Kier molecular flexibility index (Phi) is 4.88. The summed E-state index contributed by atoms with van der Waals surface area (Å²) in [6.45, 7) is 3.77. The number of hydrogen-bond acceptors (Lipinski definition) is 2. The molecular weight excluding hydrogens is 397 g/mol. The minimum atomic E-state index is -3.86. The lowest BCUT2D eigenvalue weighted by molar-refractivity contribution is 0.601. The van der Waals surface area contributed by atoms with Crippen LogP contribution in [0.25, 0.3) is 0 Å². The zero-order valence-corrected chi connectivity index (χ0v) is 15.2. The summed E-state index contributed by atoms with van der Waals surface area (Å²) in [5.41, 5.74) is 2.37. The first-order chi connectivity index (χ1) is 9.70. The Morgan fingerprint density at radius 1 is 1.05 bits per heavy atom. The fourth-order valence-corrected chi connectivity index (χ4v) is 4.98. The smallest absolute Gasteiger partial charge is 0.264 e. The van der Waals surface area contributed by atoms with Gasteiger partial charge in [0.15, 0.2) is 0 Å². The number of nitrogens with one attached hydrogen (secondary N) is 1. The van der Waals surface area contributed by atoms with Gasteiger partial charge in [-0.1, -0.05) is 56.8 Å². The van der Waals surface area contributed by atoms with Gasteiger partial charge in [0.1, 0.15) is 4.90 Å². The number of sulfonamides is 1. The Bertz CT molecular complexity index is 784. The van der Waals surface area contributed by atoms with E-state index in [1.54, 1.807) is 6.07 Å². The lowest BCUT2D eigenvalue weighted by Gasteiger charge is -2.13. The highest BCUT2D eigenvalue weighted by atomic mass is 79.9. The van der Waals surface area contributed by atoms with Gasteiger partial charge in [0.05, 0.1) is 15.7 Å². The Morgan fingerprint density at radius 2 is 1.62 bits per heavy atom. The van der Waals surface area contributed by atoms with Crippen LogP contribution in [0.15, 0.2) is 39.7 Å². The molecule has 0 saturated heterocycles. The van der Waals surface area contributed by atoms with E-state index >= 15 is 0 Å². The molecule has 0 spiro atoms. The van der Waals surface area contributed by atoms with Crippen LogP contribution in [0.1, 0.15) is 11.1 Å². The molecule has 3 nitrogen and oxygen atoms in total. The van der Waals surface area contributed by atoms with Crippen LogP contribution in [-0.2, 0) is 10.0 Å². The number of anilines is 1. The molecule has 0 unspecified atom stereocenters. The summed E-state index contributed by atoms with van der Waals surface area (Å²) in [6, 6.07) is 8.41. The van der Waals surface area contributed by atoms with Crippen molar-refractivity contribution in [3.63, 3.8) is 0 Å². The number of hydrogen-bond donors (Lipinski definition) is 1. The minimum Gasteiger partial charge on any atom is -0.279 e. The molecule has 21 heavy (non-hydrogen) atoms. The van der Waals surface area contributed by atoms with Gasteiger partial charge in [-0.3, -0.25) is 4.72 Å². The van der Waals surface area contributed by atoms with E-state index < -0.39 is 10.0 Å². The topological polar surface area (TPSA) is 46.2 Å². The van der Waals surface area contributed by atoms with Crippen molar-refractivity contribution in [3.8, 4) is 0 Å². The fraction of sp³-hybridized carbons (Fsp3) is 0.143. The van der Waals surface area contributed by atoms with Gasteiger partial charge in [0.2, 0.25) is 0 Å². The average molecular weight is 409 g/mol. The summed E-state index contributed by atoms with van der Waals surface area (Å²) in [7, 11) is -3.86. The Hall–Kier alpha value is -0.750. The highest BCUT2D eigenvalue weighted by Crippen LogP contribution is 2.34. The molecule has 0 aromatic heterocycles. The molecule has 112 valence electrons. The Balaban J connectivity index is 2.48. The molecule has 2 aromatic carbocycles. The molecule has 1 N–H and O–H groups in total. The van der Waals surface area contributed by atoms with Crippen molar-refractivity contribution in [2.75, 3.05) is 4.72 Å². The average Bonchev–Trinajstić information content (AvgIpc) is 2.30. The molecule has 0 atom stereocenters. The summed E-state index contributed by atoms with van der Waals surface area (Å²) >= 11 is 15.3. The molecule has 0 saturated carbocycles. The van der Waals surface area contributed by atoms with Crippen molar-refractivity contribution in [2.45, 2.75) is 18.7 Å². The van der Waals surface area contributed by atoms with Gasteiger partial charge in [0.25, 0.3) is 10.0 Å². The van der Waals surface area contributed by atoms with Crippen LogP contribution in [0, 0.1) is 13.8 Å². The summed E-state index contributed by atoms with van der Waals surface area (Å²) in [6.07, 6.45) is 0. The molecule has 0 aliphatic carbocycles. The number of rotatable bonds is 3. The highest BCUT2D eigenvalue weighted by Gasteiger charge is 2.23. The van der Waals surface area contributed by atoms with Gasteiger partial charge >= 0.3 is 0 Å². The van der Waals surface area contributed by atoms with Crippen LogP contribution in [0.3, 0.4) is 0 Å². The van der Waals surface area contributed by atoms with Gasteiger partial charge in [-0.05, 0) is 37.6 Å². The standard InChI is InChI=1S/C14H12BrCl2NO2S/c1-8-3-4-13(9(2)5-8)18-21(19,20)14-11(16)6-10(15)7-12(14)17/h3-7,18H,1-2H3. The van der Waals surface area contributed by atoms with E-state index in [1.807, 2.05) is 26.0 Å². The maximum Gasteiger partial charge on any atom is 0.264 e. The van der Waals surface area contributed by atoms with Gasteiger partial charge < -0.3 is 0 Å².